The Bertz CT molecular complexity index is 270. The Balaban J connectivity index is 0.00000121. The van der Waals surface area contributed by atoms with Crippen LogP contribution >= 0.6 is 7.82 Å². The average Bonchev–Trinajstić information content (AvgIpc) is 1.85. The number of benzene rings is 1. The summed E-state index contributed by atoms with van der Waals surface area (Å²) in [6, 6.07) is 7.93. The van der Waals surface area contributed by atoms with E-state index < -0.39 is 7.82 Å². The van der Waals surface area contributed by atoms with E-state index in [2.05, 4.69) is 4.52 Å². The minimum Gasteiger partial charge on any atom is -0.404 e. The molecule has 0 amide bonds. The van der Waals surface area contributed by atoms with E-state index in [-0.39, 0.29) is 22.2 Å². The normalized spacial score (nSPS) is 10.2. The van der Waals surface area contributed by atoms with Crippen molar-refractivity contribution in [2.45, 2.75) is 0 Å². The minimum absolute atomic E-state index is 0. The first-order valence-corrected chi connectivity index (χ1v) is 4.41. The SMILES string of the molecule is O=P(O)(O)Oc1ccccc1.[Ni]. The van der Waals surface area contributed by atoms with E-state index in [9.17, 15) is 4.57 Å². The number of hydrogen-bond donors (Lipinski definition) is 2. The van der Waals surface area contributed by atoms with Gasteiger partial charge in [0.15, 0.2) is 0 Å². The third-order valence-corrected chi connectivity index (χ3v) is 1.42. The Labute approximate surface area is 79.7 Å². The van der Waals surface area contributed by atoms with Crippen LogP contribution in [-0.4, -0.2) is 9.79 Å². The van der Waals surface area contributed by atoms with Gasteiger partial charge in [0.25, 0.3) is 0 Å². The summed E-state index contributed by atoms with van der Waals surface area (Å²) in [6.45, 7) is 0. The molecule has 0 aliphatic carbocycles. The molecule has 0 aliphatic rings. The quantitative estimate of drug-likeness (QED) is 0.593. The van der Waals surface area contributed by atoms with Gasteiger partial charge in [-0.25, -0.2) is 4.57 Å². The molecule has 0 aromatic heterocycles. The molecule has 12 heavy (non-hydrogen) atoms. The fourth-order valence-electron chi connectivity index (χ4n) is 0.619. The molecule has 0 saturated carbocycles. The summed E-state index contributed by atoms with van der Waals surface area (Å²) in [4.78, 5) is 16.7. The predicted molar refractivity (Wildman–Crippen MR) is 39.1 cm³/mol. The van der Waals surface area contributed by atoms with Crippen LogP contribution in [-0.2, 0) is 21.1 Å². The predicted octanol–water partition coefficient (Wildman–Crippen LogP) is 1.16. The smallest absolute Gasteiger partial charge is 0.404 e. The summed E-state index contributed by atoms with van der Waals surface area (Å²) in [6.07, 6.45) is 0. The molecule has 1 rings (SSSR count). The van der Waals surface area contributed by atoms with Crippen molar-refractivity contribution in [3.8, 4) is 5.75 Å². The van der Waals surface area contributed by atoms with Gasteiger partial charge < -0.3 is 4.52 Å². The van der Waals surface area contributed by atoms with E-state index in [1.54, 1.807) is 18.2 Å². The second-order valence-electron chi connectivity index (χ2n) is 1.89. The molecule has 0 saturated heterocycles. The van der Waals surface area contributed by atoms with Gasteiger partial charge in [0.2, 0.25) is 0 Å². The molecule has 0 fully saturated rings. The Morgan fingerprint density at radius 2 is 1.67 bits per heavy atom. The zero-order valence-corrected chi connectivity index (χ0v) is 7.74. The van der Waals surface area contributed by atoms with Crippen molar-refractivity contribution in [2.75, 3.05) is 0 Å². The van der Waals surface area contributed by atoms with Crippen LogP contribution in [0.15, 0.2) is 30.3 Å². The second kappa shape index (κ2) is 4.63. The first kappa shape index (κ1) is 11.7. The maximum Gasteiger partial charge on any atom is 0.524 e. The number of phosphoric ester groups is 1. The van der Waals surface area contributed by atoms with Crippen LogP contribution in [0.1, 0.15) is 0 Å². The number of rotatable bonds is 2. The molecule has 0 bridgehead atoms. The Kier molecular flexibility index (Phi) is 4.50. The van der Waals surface area contributed by atoms with Crippen LogP contribution in [0.3, 0.4) is 0 Å². The van der Waals surface area contributed by atoms with Crippen LogP contribution in [0.25, 0.3) is 0 Å². The van der Waals surface area contributed by atoms with Gasteiger partial charge in [0, 0.05) is 16.5 Å². The molecule has 6 heteroatoms. The zero-order valence-electron chi connectivity index (χ0n) is 5.86. The van der Waals surface area contributed by atoms with E-state index in [1.165, 1.54) is 12.1 Å². The van der Waals surface area contributed by atoms with Crippen molar-refractivity contribution in [2.24, 2.45) is 0 Å². The maximum absolute atomic E-state index is 10.3. The topological polar surface area (TPSA) is 66.8 Å². The van der Waals surface area contributed by atoms with E-state index in [0.717, 1.165) is 0 Å². The van der Waals surface area contributed by atoms with Gasteiger partial charge in [-0.2, -0.15) is 0 Å². The first-order valence-electron chi connectivity index (χ1n) is 2.88. The summed E-state index contributed by atoms with van der Waals surface area (Å²) >= 11 is 0. The first-order chi connectivity index (χ1) is 5.08. The van der Waals surface area contributed by atoms with Crippen molar-refractivity contribution in [1.29, 1.82) is 0 Å². The molecule has 2 N–H and O–H groups in total. The molecule has 4 nitrogen and oxygen atoms in total. The molecule has 0 heterocycles. The van der Waals surface area contributed by atoms with Crippen LogP contribution in [0, 0.1) is 0 Å². The van der Waals surface area contributed by atoms with Crippen molar-refractivity contribution in [1.82, 2.24) is 0 Å². The van der Waals surface area contributed by atoms with Gasteiger partial charge in [-0.15, -0.1) is 0 Å². The van der Waals surface area contributed by atoms with Crippen molar-refractivity contribution in [3.05, 3.63) is 30.3 Å². The van der Waals surface area contributed by atoms with Gasteiger partial charge in [0.1, 0.15) is 5.75 Å². The van der Waals surface area contributed by atoms with Gasteiger partial charge in [-0.3, -0.25) is 9.79 Å². The molecular formula is C6H7NiO4P. The largest absolute Gasteiger partial charge is 0.524 e. The van der Waals surface area contributed by atoms with E-state index in [0.29, 0.717) is 0 Å². The van der Waals surface area contributed by atoms with Gasteiger partial charge in [0.05, 0.1) is 0 Å². The van der Waals surface area contributed by atoms with Crippen LogP contribution < -0.4 is 4.52 Å². The molecule has 0 atom stereocenters. The van der Waals surface area contributed by atoms with Crippen molar-refractivity contribution < 1.29 is 35.4 Å². The summed E-state index contributed by atoms with van der Waals surface area (Å²) in [5.74, 6) is 0.167. The summed E-state index contributed by atoms with van der Waals surface area (Å²) in [5.41, 5.74) is 0. The fourth-order valence-corrected chi connectivity index (χ4v) is 1.02. The van der Waals surface area contributed by atoms with E-state index in [1.807, 2.05) is 0 Å². The monoisotopic (exact) mass is 232 g/mol. The fraction of sp³-hybridized carbons (Fsp3) is 0. The number of hydrogen-bond acceptors (Lipinski definition) is 2. The van der Waals surface area contributed by atoms with Crippen LogP contribution in [0.2, 0.25) is 0 Å². The second-order valence-corrected chi connectivity index (χ2v) is 3.06. The molecular weight excluding hydrogens is 226 g/mol. The van der Waals surface area contributed by atoms with Gasteiger partial charge >= 0.3 is 7.82 Å². The zero-order chi connectivity index (χ0) is 8.32. The van der Waals surface area contributed by atoms with E-state index >= 15 is 0 Å². The van der Waals surface area contributed by atoms with Gasteiger partial charge in [-0.1, -0.05) is 18.2 Å². The molecule has 0 unspecified atom stereocenters. The maximum atomic E-state index is 10.3. The Morgan fingerprint density at radius 3 is 2.08 bits per heavy atom. The number of phosphoric acid groups is 1. The summed E-state index contributed by atoms with van der Waals surface area (Å²) < 4.78 is 14.5. The standard InChI is InChI=1S/C6H7O4P.Ni/c7-11(8,9)10-6-4-2-1-3-5-6;/h1-5H,(H2,7,8,9);. The number of para-hydroxylation sites is 1. The van der Waals surface area contributed by atoms with Crippen LogP contribution in [0.4, 0.5) is 0 Å². The molecule has 0 spiro atoms. The average molecular weight is 233 g/mol. The molecule has 1 aromatic carbocycles. The summed E-state index contributed by atoms with van der Waals surface area (Å²) in [5, 5.41) is 0. The third-order valence-electron chi connectivity index (χ3n) is 0.968. The van der Waals surface area contributed by atoms with Crippen molar-refractivity contribution in [3.63, 3.8) is 0 Å². The Morgan fingerprint density at radius 1 is 1.17 bits per heavy atom. The van der Waals surface area contributed by atoms with Crippen LogP contribution in [0.5, 0.6) is 5.75 Å². The molecule has 0 aliphatic heterocycles. The molecule has 1 aromatic rings. The minimum atomic E-state index is -4.39. The van der Waals surface area contributed by atoms with Gasteiger partial charge in [-0.05, 0) is 12.1 Å². The molecule has 70 valence electrons. The summed E-state index contributed by atoms with van der Waals surface area (Å²) in [7, 11) is -4.39. The molecule has 0 radical (unpaired) electrons. The third kappa shape index (κ3) is 4.52. The van der Waals surface area contributed by atoms with E-state index in [4.69, 9.17) is 9.79 Å². The van der Waals surface area contributed by atoms with Crippen molar-refractivity contribution >= 4 is 7.82 Å². The Hall–Kier alpha value is -0.336.